The molecule has 0 saturated heterocycles. The first kappa shape index (κ1) is 18.3. The van der Waals surface area contributed by atoms with E-state index in [2.05, 4.69) is 5.32 Å². The van der Waals surface area contributed by atoms with E-state index in [0.717, 1.165) is 16.3 Å². The average molecular weight is 330 g/mol. The highest BCUT2D eigenvalue weighted by Gasteiger charge is 2.20. The Morgan fingerprint density at radius 3 is 2.57 bits per heavy atom. The van der Waals surface area contributed by atoms with E-state index in [-0.39, 0.29) is 17.4 Å². The van der Waals surface area contributed by atoms with E-state index in [1.807, 2.05) is 38.1 Å². The van der Waals surface area contributed by atoms with Crippen LogP contribution in [0, 0.1) is 5.41 Å². The molecular formula is C16H24ClNO2S. The summed E-state index contributed by atoms with van der Waals surface area (Å²) in [4.78, 5) is 11.8. The van der Waals surface area contributed by atoms with Crippen LogP contribution in [-0.2, 0) is 10.5 Å². The molecule has 0 unspecified atom stereocenters. The molecule has 0 aromatic heterocycles. The lowest BCUT2D eigenvalue weighted by molar-refractivity contribution is -0.119. The van der Waals surface area contributed by atoms with Gasteiger partial charge >= 0.3 is 0 Å². The van der Waals surface area contributed by atoms with Crippen LogP contribution in [0.2, 0.25) is 5.02 Å². The van der Waals surface area contributed by atoms with Crippen molar-refractivity contribution < 1.29 is 9.90 Å². The second kappa shape index (κ2) is 8.66. The number of aliphatic hydroxyl groups excluding tert-OH is 1. The van der Waals surface area contributed by atoms with Crippen LogP contribution < -0.4 is 5.32 Å². The summed E-state index contributed by atoms with van der Waals surface area (Å²) in [6.07, 6.45) is 0.321. The zero-order valence-electron chi connectivity index (χ0n) is 12.9. The summed E-state index contributed by atoms with van der Waals surface area (Å²) >= 11 is 7.41. The Hall–Kier alpha value is -0.710. The smallest absolute Gasteiger partial charge is 0.230 e. The molecule has 5 heteroatoms. The third-order valence-electron chi connectivity index (χ3n) is 3.03. The zero-order valence-corrected chi connectivity index (χ0v) is 14.4. The Kier molecular flexibility index (Phi) is 7.57. The molecule has 0 fully saturated rings. The van der Waals surface area contributed by atoms with Gasteiger partial charge in [-0.2, -0.15) is 0 Å². The van der Waals surface area contributed by atoms with Gasteiger partial charge in [0.05, 0.1) is 11.9 Å². The molecule has 0 bridgehead atoms. The van der Waals surface area contributed by atoms with Crippen LogP contribution in [0.15, 0.2) is 24.3 Å². The van der Waals surface area contributed by atoms with Gasteiger partial charge in [-0.3, -0.25) is 4.79 Å². The van der Waals surface area contributed by atoms with Crippen molar-refractivity contribution in [3.05, 3.63) is 34.9 Å². The van der Waals surface area contributed by atoms with Crippen LogP contribution in [0.25, 0.3) is 0 Å². The molecule has 0 aliphatic carbocycles. The van der Waals surface area contributed by atoms with Crippen LogP contribution in [0.5, 0.6) is 0 Å². The minimum absolute atomic E-state index is 0.0348. The first-order valence-electron chi connectivity index (χ1n) is 7.05. The first-order chi connectivity index (χ1) is 9.78. The number of carbonyl (C=O) groups is 1. The van der Waals surface area contributed by atoms with Crippen LogP contribution in [0.3, 0.4) is 0 Å². The fourth-order valence-corrected chi connectivity index (χ4v) is 3.05. The molecule has 118 valence electrons. The number of halogens is 1. The molecule has 0 saturated carbocycles. The summed E-state index contributed by atoms with van der Waals surface area (Å²) in [5.41, 5.74) is 1.07. The summed E-state index contributed by atoms with van der Waals surface area (Å²) in [5.74, 6) is 1.27. The van der Waals surface area contributed by atoms with Gasteiger partial charge in [-0.25, -0.2) is 0 Å². The molecule has 0 aliphatic heterocycles. The Bertz CT molecular complexity index is 446. The van der Waals surface area contributed by atoms with Gasteiger partial charge in [0, 0.05) is 17.3 Å². The van der Waals surface area contributed by atoms with Crippen molar-refractivity contribution in [3.63, 3.8) is 0 Å². The maximum atomic E-state index is 11.8. The third kappa shape index (κ3) is 8.34. The van der Waals surface area contributed by atoms with Crippen molar-refractivity contribution in [2.75, 3.05) is 12.3 Å². The second-order valence-electron chi connectivity index (χ2n) is 6.11. The van der Waals surface area contributed by atoms with E-state index in [0.29, 0.717) is 18.7 Å². The van der Waals surface area contributed by atoms with Gasteiger partial charge in [-0.05, 0) is 36.5 Å². The number of thioether (sulfide) groups is 1. The van der Waals surface area contributed by atoms with E-state index >= 15 is 0 Å². The van der Waals surface area contributed by atoms with Crippen LogP contribution in [-0.4, -0.2) is 29.4 Å². The third-order valence-corrected chi connectivity index (χ3v) is 4.28. The van der Waals surface area contributed by atoms with Crippen LogP contribution in [0.1, 0.15) is 32.8 Å². The second-order valence-corrected chi connectivity index (χ2v) is 7.54. The number of aliphatic hydroxyl groups is 1. The average Bonchev–Trinajstić information content (AvgIpc) is 2.37. The lowest BCUT2D eigenvalue weighted by atomic mass is 9.87. The number of rotatable bonds is 8. The van der Waals surface area contributed by atoms with Gasteiger partial charge in [0.15, 0.2) is 0 Å². The van der Waals surface area contributed by atoms with Crippen molar-refractivity contribution in [2.24, 2.45) is 5.41 Å². The van der Waals surface area contributed by atoms with E-state index < -0.39 is 0 Å². The van der Waals surface area contributed by atoms with E-state index in [1.54, 1.807) is 18.7 Å². The number of benzene rings is 1. The fourth-order valence-electron chi connectivity index (χ4n) is 2.10. The SMILES string of the molecule is C[C@@H](O)CC(C)(C)CNC(=O)CSCc1ccc(Cl)cc1. The van der Waals surface area contributed by atoms with Gasteiger partial charge in [-0.1, -0.05) is 37.6 Å². The molecule has 1 atom stereocenters. The summed E-state index contributed by atoms with van der Waals surface area (Å²) in [7, 11) is 0. The van der Waals surface area contributed by atoms with Crippen LogP contribution in [0.4, 0.5) is 0 Å². The monoisotopic (exact) mass is 329 g/mol. The van der Waals surface area contributed by atoms with E-state index in [4.69, 9.17) is 11.6 Å². The number of hydrogen-bond donors (Lipinski definition) is 2. The van der Waals surface area contributed by atoms with Crippen molar-refractivity contribution in [2.45, 2.75) is 39.0 Å². The Morgan fingerprint density at radius 2 is 2.00 bits per heavy atom. The molecule has 2 N–H and O–H groups in total. The highest BCUT2D eigenvalue weighted by Crippen LogP contribution is 2.21. The predicted molar refractivity (Wildman–Crippen MR) is 90.7 cm³/mol. The molecule has 1 rings (SSSR count). The summed E-state index contributed by atoms with van der Waals surface area (Å²) in [5, 5.41) is 13.1. The quantitative estimate of drug-likeness (QED) is 0.767. The highest BCUT2D eigenvalue weighted by molar-refractivity contribution is 7.99. The van der Waals surface area contributed by atoms with Crippen molar-refractivity contribution in [1.29, 1.82) is 0 Å². The lowest BCUT2D eigenvalue weighted by Crippen LogP contribution is -2.36. The minimum atomic E-state index is -0.351. The molecule has 0 radical (unpaired) electrons. The van der Waals surface area contributed by atoms with E-state index in [9.17, 15) is 9.90 Å². The van der Waals surface area contributed by atoms with Crippen molar-refractivity contribution >= 4 is 29.3 Å². The number of amides is 1. The van der Waals surface area contributed by atoms with Gasteiger partial charge in [0.1, 0.15) is 0 Å². The number of carbonyl (C=O) groups excluding carboxylic acids is 1. The normalized spacial score (nSPS) is 13.0. The summed E-state index contributed by atoms with van der Waals surface area (Å²) < 4.78 is 0. The van der Waals surface area contributed by atoms with Gasteiger partial charge < -0.3 is 10.4 Å². The Morgan fingerprint density at radius 1 is 1.38 bits per heavy atom. The molecule has 1 aromatic rings. The van der Waals surface area contributed by atoms with Gasteiger partial charge in [-0.15, -0.1) is 11.8 Å². The predicted octanol–water partition coefficient (Wildman–Crippen LogP) is 3.49. The molecule has 0 aliphatic rings. The standard InChI is InChI=1S/C16H24ClNO2S/c1-12(19)8-16(2,3)11-18-15(20)10-21-9-13-4-6-14(17)7-5-13/h4-7,12,19H,8-11H2,1-3H3,(H,18,20)/t12-/m1/s1. The topological polar surface area (TPSA) is 49.3 Å². The largest absolute Gasteiger partial charge is 0.393 e. The molecule has 0 spiro atoms. The maximum Gasteiger partial charge on any atom is 0.230 e. The van der Waals surface area contributed by atoms with Gasteiger partial charge in [0.25, 0.3) is 0 Å². The Balaban J connectivity index is 2.23. The van der Waals surface area contributed by atoms with Gasteiger partial charge in [0.2, 0.25) is 5.91 Å². The molecule has 1 amide bonds. The zero-order chi connectivity index (χ0) is 15.9. The molecule has 21 heavy (non-hydrogen) atoms. The summed E-state index contributed by atoms with van der Waals surface area (Å²) in [6.45, 7) is 6.44. The molecular weight excluding hydrogens is 306 g/mol. The molecule has 3 nitrogen and oxygen atoms in total. The molecule has 0 heterocycles. The number of hydrogen-bond acceptors (Lipinski definition) is 3. The highest BCUT2D eigenvalue weighted by atomic mass is 35.5. The lowest BCUT2D eigenvalue weighted by Gasteiger charge is -2.26. The summed E-state index contributed by atoms with van der Waals surface area (Å²) in [6, 6.07) is 7.66. The Labute approximate surface area is 136 Å². The number of nitrogens with one attached hydrogen (secondary N) is 1. The first-order valence-corrected chi connectivity index (χ1v) is 8.59. The fraction of sp³-hybridized carbons (Fsp3) is 0.562. The molecule has 1 aromatic carbocycles. The minimum Gasteiger partial charge on any atom is -0.393 e. The van der Waals surface area contributed by atoms with Crippen LogP contribution >= 0.6 is 23.4 Å². The van der Waals surface area contributed by atoms with E-state index in [1.165, 1.54) is 0 Å². The van der Waals surface area contributed by atoms with Crippen molar-refractivity contribution in [1.82, 2.24) is 5.32 Å². The maximum absolute atomic E-state index is 11.8. The van der Waals surface area contributed by atoms with Crippen molar-refractivity contribution in [3.8, 4) is 0 Å².